The molecule has 9 nitrogen and oxygen atoms in total. The highest BCUT2D eigenvalue weighted by Gasteiger charge is 2.50. The molecule has 1 aliphatic heterocycles. The second kappa shape index (κ2) is 8.62. The fourth-order valence-corrected chi connectivity index (χ4v) is 2.44. The Morgan fingerprint density at radius 2 is 1.21 bits per heavy atom. The van der Waals surface area contributed by atoms with Gasteiger partial charge in [0.05, 0.1) is 6.10 Å². The van der Waals surface area contributed by atoms with E-state index in [1.54, 1.807) is 6.92 Å². The second-order valence-corrected chi connectivity index (χ2v) is 5.40. The molecule has 0 radical (unpaired) electrons. The lowest BCUT2D eigenvalue weighted by atomic mass is 9.95. The van der Waals surface area contributed by atoms with Gasteiger partial charge in [-0.1, -0.05) is 0 Å². The van der Waals surface area contributed by atoms with Crippen molar-refractivity contribution in [1.82, 2.24) is 0 Å². The van der Waals surface area contributed by atoms with Gasteiger partial charge in [-0.05, 0) is 6.92 Å². The van der Waals surface area contributed by atoms with Crippen molar-refractivity contribution in [3.05, 3.63) is 0 Å². The number of carbonyl (C=O) groups is 4. The van der Waals surface area contributed by atoms with Crippen molar-refractivity contribution in [3.63, 3.8) is 0 Å². The zero-order chi connectivity index (χ0) is 18.4. The zero-order valence-electron chi connectivity index (χ0n) is 14.3. The van der Waals surface area contributed by atoms with Gasteiger partial charge >= 0.3 is 23.9 Å². The summed E-state index contributed by atoms with van der Waals surface area (Å²) < 4.78 is 26.1. The Labute approximate surface area is 139 Å². The summed E-state index contributed by atoms with van der Waals surface area (Å²) in [7, 11) is 0. The number of hydrogen-bond donors (Lipinski definition) is 0. The number of carbonyl (C=O) groups excluding carboxylic acids is 4. The van der Waals surface area contributed by atoms with Crippen LogP contribution < -0.4 is 0 Å². The Kier molecular flexibility index (Phi) is 7.15. The normalized spacial score (nSPS) is 29.3. The third-order valence-corrected chi connectivity index (χ3v) is 3.22. The SMILES string of the molecule is CC(=O)OC[C@H]1O[C@@H](C)[C@@H](OC(C)=O)[C@@H](OC(C)=O)[C@@H]1OC(C)=O. The first-order valence-electron chi connectivity index (χ1n) is 7.42. The van der Waals surface area contributed by atoms with Crippen LogP contribution in [0.2, 0.25) is 0 Å². The third kappa shape index (κ3) is 5.80. The quantitative estimate of drug-likeness (QED) is 0.506. The van der Waals surface area contributed by atoms with Crippen LogP contribution >= 0.6 is 0 Å². The lowest BCUT2D eigenvalue weighted by Crippen LogP contribution is -2.61. The van der Waals surface area contributed by atoms with Gasteiger partial charge in [-0.3, -0.25) is 19.2 Å². The molecule has 0 N–H and O–H groups in total. The van der Waals surface area contributed by atoms with Crippen molar-refractivity contribution in [2.24, 2.45) is 0 Å². The van der Waals surface area contributed by atoms with Crippen molar-refractivity contribution in [2.75, 3.05) is 6.61 Å². The van der Waals surface area contributed by atoms with Crippen molar-refractivity contribution in [1.29, 1.82) is 0 Å². The lowest BCUT2D eigenvalue weighted by Gasteiger charge is -2.43. The minimum absolute atomic E-state index is 0.206. The van der Waals surface area contributed by atoms with E-state index >= 15 is 0 Å². The number of esters is 4. The molecule has 0 bridgehead atoms. The predicted octanol–water partition coefficient (Wildman–Crippen LogP) is 0.132. The van der Waals surface area contributed by atoms with E-state index in [0.717, 1.165) is 0 Å². The van der Waals surface area contributed by atoms with Crippen LogP contribution in [-0.4, -0.2) is 61.0 Å². The topological polar surface area (TPSA) is 114 Å². The van der Waals surface area contributed by atoms with Gasteiger partial charge in [0.1, 0.15) is 12.7 Å². The van der Waals surface area contributed by atoms with Gasteiger partial charge in [0.2, 0.25) is 0 Å². The second-order valence-electron chi connectivity index (χ2n) is 5.40. The van der Waals surface area contributed by atoms with Gasteiger partial charge in [-0.2, -0.15) is 0 Å². The van der Waals surface area contributed by atoms with Crippen LogP contribution in [0.4, 0.5) is 0 Å². The molecule has 0 spiro atoms. The van der Waals surface area contributed by atoms with E-state index in [9.17, 15) is 19.2 Å². The molecule has 1 rings (SSSR count). The van der Waals surface area contributed by atoms with Crippen LogP contribution in [0, 0.1) is 0 Å². The lowest BCUT2D eigenvalue weighted by molar-refractivity contribution is -0.249. The summed E-state index contributed by atoms with van der Waals surface area (Å²) in [6, 6.07) is 0. The molecule has 24 heavy (non-hydrogen) atoms. The Hall–Kier alpha value is -2.16. The van der Waals surface area contributed by atoms with Crippen molar-refractivity contribution < 1.29 is 42.9 Å². The van der Waals surface area contributed by atoms with Crippen LogP contribution in [0.3, 0.4) is 0 Å². The number of rotatable bonds is 5. The molecule has 1 heterocycles. The maximum Gasteiger partial charge on any atom is 0.303 e. The Bertz CT molecular complexity index is 501. The standard InChI is InChI=1S/C15H22O9/c1-7-13(22-9(3)17)15(24-11(5)19)14(23-10(4)18)12(21-7)6-20-8(2)16/h7,12-15H,6H2,1-5H3/t7-,12+,13+,14+,15+/m0/s1. The smallest absolute Gasteiger partial charge is 0.303 e. The van der Waals surface area contributed by atoms with Gasteiger partial charge in [0, 0.05) is 27.7 Å². The minimum Gasteiger partial charge on any atom is -0.463 e. The molecular weight excluding hydrogens is 324 g/mol. The Morgan fingerprint density at radius 3 is 1.67 bits per heavy atom. The summed E-state index contributed by atoms with van der Waals surface area (Å²) >= 11 is 0. The summed E-state index contributed by atoms with van der Waals surface area (Å²) in [6.07, 6.45) is -4.69. The van der Waals surface area contributed by atoms with Gasteiger partial charge in [-0.15, -0.1) is 0 Å². The van der Waals surface area contributed by atoms with Crippen LogP contribution in [0.5, 0.6) is 0 Å². The van der Waals surface area contributed by atoms with Crippen LogP contribution in [0.15, 0.2) is 0 Å². The largest absolute Gasteiger partial charge is 0.463 e. The minimum atomic E-state index is -1.09. The van der Waals surface area contributed by atoms with Crippen molar-refractivity contribution in [2.45, 2.75) is 65.1 Å². The van der Waals surface area contributed by atoms with Gasteiger partial charge in [-0.25, -0.2) is 0 Å². The Balaban J connectivity index is 3.11. The van der Waals surface area contributed by atoms with E-state index < -0.39 is 54.4 Å². The number of ether oxygens (including phenoxy) is 5. The van der Waals surface area contributed by atoms with E-state index in [1.807, 2.05) is 0 Å². The average molecular weight is 346 g/mol. The average Bonchev–Trinajstić information content (AvgIpc) is 2.42. The van der Waals surface area contributed by atoms with E-state index in [4.69, 9.17) is 23.7 Å². The molecule has 0 aromatic rings. The molecule has 0 amide bonds. The highest BCUT2D eigenvalue weighted by atomic mass is 16.7. The molecule has 1 aliphatic rings. The highest BCUT2D eigenvalue weighted by molar-refractivity contribution is 5.68. The summed E-state index contributed by atoms with van der Waals surface area (Å²) in [5, 5.41) is 0. The molecule has 0 unspecified atom stereocenters. The number of hydrogen-bond acceptors (Lipinski definition) is 9. The maximum absolute atomic E-state index is 11.4. The van der Waals surface area contributed by atoms with Crippen molar-refractivity contribution in [3.8, 4) is 0 Å². The molecule has 1 saturated heterocycles. The molecule has 9 heteroatoms. The fourth-order valence-electron chi connectivity index (χ4n) is 2.44. The summed E-state index contributed by atoms with van der Waals surface area (Å²) in [4.78, 5) is 45.2. The van der Waals surface area contributed by atoms with Gasteiger partial charge in [0.25, 0.3) is 0 Å². The first-order chi connectivity index (χ1) is 11.1. The first kappa shape index (κ1) is 19.9. The van der Waals surface area contributed by atoms with Gasteiger partial charge < -0.3 is 23.7 Å². The van der Waals surface area contributed by atoms with E-state index in [0.29, 0.717) is 0 Å². The Morgan fingerprint density at radius 1 is 0.750 bits per heavy atom. The molecule has 0 aliphatic carbocycles. The molecule has 0 aromatic carbocycles. The monoisotopic (exact) mass is 346 g/mol. The first-order valence-corrected chi connectivity index (χ1v) is 7.42. The zero-order valence-corrected chi connectivity index (χ0v) is 14.3. The summed E-state index contributed by atoms with van der Waals surface area (Å²) in [5.41, 5.74) is 0. The van der Waals surface area contributed by atoms with E-state index in [2.05, 4.69) is 0 Å². The molecule has 1 fully saturated rings. The molecule has 0 aromatic heterocycles. The molecule has 5 atom stereocenters. The molecule has 136 valence electrons. The van der Waals surface area contributed by atoms with E-state index in [-0.39, 0.29) is 6.61 Å². The van der Waals surface area contributed by atoms with Crippen LogP contribution in [-0.2, 0) is 42.9 Å². The van der Waals surface area contributed by atoms with E-state index in [1.165, 1.54) is 27.7 Å². The third-order valence-electron chi connectivity index (χ3n) is 3.22. The van der Waals surface area contributed by atoms with Gasteiger partial charge in [0.15, 0.2) is 18.3 Å². The molecular formula is C15H22O9. The summed E-state index contributed by atoms with van der Waals surface area (Å²) in [6.45, 7) is 6.17. The summed E-state index contributed by atoms with van der Waals surface area (Å²) in [5.74, 6) is -2.44. The van der Waals surface area contributed by atoms with Crippen LogP contribution in [0.25, 0.3) is 0 Å². The van der Waals surface area contributed by atoms with Crippen LogP contribution in [0.1, 0.15) is 34.6 Å². The van der Waals surface area contributed by atoms with Crippen molar-refractivity contribution >= 4 is 23.9 Å². The fraction of sp³-hybridized carbons (Fsp3) is 0.733. The highest BCUT2D eigenvalue weighted by Crippen LogP contribution is 2.28. The molecule has 0 saturated carbocycles. The maximum atomic E-state index is 11.4. The predicted molar refractivity (Wildman–Crippen MR) is 77.6 cm³/mol.